The summed E-state index contributed by atoms with van der Waals surface area (Å²) in [6.45, 7) is 1.96. The van der Waals surface area contributed by atoms with Crippen molar-refractivity contribution in [3.63, 3.8) is 0 Å². The minimum atomic E-state index is -0.0658. The first-order valence-corrected chi connectivity index (χ1v) is 7.78. The molecule has 3 aromatic rings. The van der Waals surface area contributed by atoms with Gasteiger partial charge in [0.25, 0.3) is 0 Å². The van der Waals surface area contributed by atoms with E-state index < -0.39 is 0 Å². The van der Waals surface area contributed by atoms with Crippen molar-refractivity contribution in [2.75, 3.05) is 5.32 Å². The van der Waals surface area contributed by atoms with Crippen LogP contribution in [0, 0.1) is 0 Å². The van der Waals surface area contributed by atoms with Gasteiger partial charge in [-0.3, -0.25) is 9.97 Å². The van der Waals surface area contributed by atoms with Gasteiger partial charge >= 0.3 is 0 Å². The Labute approximate surface area is 136 Å². The monoisotopic (exact) mass is 361 g/mol. The highest BCUT2D eigenvalue weighted by molar-refractivity contribution is 9.10. The molecule has 2 aromatic heterocycles. The average Bonchev–Trinajstić information content (AvgIpc) is 2.47. The number of alkyl halides is 1. The van der Waals surface area contributed by atoms with Crippen LogP contribution >= 0.6 is 27.5 Å². The molecule has 5 heteroatoms. The van der Waals surface area contributed by atoms with Crippen molar-refractivity contribution in [1.82, 2.24) is 9.97 Å². The molecule has 0 bridgehead atoms. The van der Waals surface area contributed by atoms with E-state index in [0.29, 0.717) is 0 Å². The first-order chi connectivity index (χ1) is 10.1. The highest BCUT2D eigenvalue weighted by atomic mass is 79.9. The van der Waals surface area contributed by atoms with Crippen molar-refractivity contribution < 1.29 is 0 Å². The molecule has 3 rings (SSSR count). The smallest absolute Gasteiger partial charge is 0.112 e. The zero-order chi connectivity index (χ0) is 14.8. The molecular formula is C16H13BrClN3. The summed E-state index contributed by atoms with van der Waals surface area (Å²) in [6, 6.07) is 11.9. The summed E-state index contributed by atoms with van der Waals surface area (Å²) in [5, 5.41) is 3.35. The van der Waals surface area contributed by atoms with E-state index in [0.717, 1.165) is 32.4 Å². The molecule has 0 radical (unpaired) electrons. The van der Waals surface area contributed by atoms with Crippen LogP contribution in [0.2, 0.25) is 0 Å². The first kappa shape index (κ1) is 14.3. The van der Waals surface area contributed by atoms with E-state index in [-0.39, 0.29) is 5.38 Å². The lowest BCUT2D eigenvalue weighted by Gasteiger charge is -2.14. The van der Waals surface area contributed by atoms with Gasteiger partial charge in [0.05, 0.1) is 16.6 Å². The maximum atomic E-state index is 6.24. The Morgan fingerprint density at radius 1 is 1.14 bits per heavy atom. The molecule has 0 amide bonds. The molecule has 0 saturated carbocycles. The van der Waals surface area contributed by atoms with E-state index in [1.54, 1.807) is 12.4 Å². The predicted molar refractivity (Wildman–Crippen MR) is 91.2 cm³/mol. The van der Waals surface area contributed by atoms with Gasteiger partial charge in [0, 0.05) is 22.6 Å². The zero-order valence-electron chi connectivity index (χ0n) is 11.3. The van der Waals surface area contributed by atoms with Crippen molar-refractivity contribution in [2.45, 2.75) is 12.3 Å². The number of nitrogens with zero attached hydrogens (tertiary/aromatic N) is 2. The molecule has 106 valence electrons. The third kappa shape index (κ3) is 3.01. The minimum absolute atomic E-state index is 0.0658. The summed E-state index contributed by atoms with van der Waals surface area (Å²) in [5.41, 5.74) is 4.62. The van der Waals surface area contributed by atoms with Gasteiger partial charge in [-0.1, -0.05) is 18.2 Å². The zero-order valence-corrected chi connectivity index (χ0v) is 13.7. The molecule has 21 heavy (non-hydrogen) atoms. The Bertz CT molecular complexity index is 789. The van der Waals surface area contributed by atoms with Gasteiger partial charge in [0.15, 0.2) is 0 Å². The Morgan fingerprint density at radius 2 is 1.95 bits per heavy atom. The van der Waals surface area contributed by atoms with Crippen LogP contribution in [0.5, 0.6) is 0 Å². The van der Waals surface area contributed by atoms with Gasteiger partial charge < -0.3 is 5.32 Å². The topological polar surface area (TPSA) is 37.8 Å². The molecule has 2 heterocycles. The van der Waals surface area contributed by atoms with Crippen molar-refractivity contribution in [2.24, 2.45) is 0 Å². The van der Waals surface area contributed by atoms with Gasteiger partial charge in [-0.15, -0.1) is 11.6 Å². The Kier molecular flexibility index (Phi) is 4.08. The van der Waals surface area contributed by atoms with E-state index in [4.69, 9.17) is 11.6 Å². The number of para-hydroxylation sites is 1. The lowest BCUT2D eigenvalue weighted by atomic mass is 10.1. The molecule has 0 saturated heterocycles. The third-order valence-electron chi connectivity index (χ3n) is 3.20. The number of rotatable bonds is 3. The van der Waals surface area contributed by atoms with Crippen LogP contribution in [0.1, 0.15) is 17.9 Å². The average molecular weight is 363 g/mol. The van der Waals surface area contributed by atoms with Gasteiger partial charge in [-0.05, 0) is 46.6 Å². The molecular weight excluding hydrogens is 350 g/mol. The van der Waals surface area contributed by atoms with E-state index in [1.165, 1.54) is 0 Å². The molecule has 1 unspecified atom stereocenters. The number of fused-ring (bicyclic) bond motifs is 1. The highest BCUT2D eigenvalue weighted by Gasteiger charge is 2.10. The van der Waals surface area contributed by atoms with Crippen LogP contribution in [0.15, 0.2) is 53.3 Å². The lowest BCUT2D eigenvalue weighted by molar-refractivity contribution is 1.09. The predicted octanol–water partition coefficient (Wildman–Crippen LogP) is 5.44. The van der Waals surface area contributed by atoms with Crippen molar-refractivity contribution >= 4 is 49.9 Å². The first-order valence-electron chi connectivity index (χ1n) is 6.55. The van der Waals surface area contributed by atoms with Crippen LogP contribution < -0.4 is 5.32 Å². The summed E-state index contributed by atoms with van der Waals surface area (Å²) >= 11 is 9.65. The van der Waals surface area contributed by atoms with Crippen LogP contribution in [0.25, 0.3) is 11.0 Å². The molecule has 1 aromatic carbocycles. The number of hydrogen-bond donors (Lipinski definition) is 1. The second kappa shape index (κ2) is 6.00. The van der Waals surface area contributed by atoms with E-state index in [2.05, 4.69) is 31.2 Å². The number of pyridine rings is 2. The minimum Gasteiger partial charge on any atom is -0.353 e. The van der Waals surface area contributed by atoms with Crippen molar-refractivity contribution in [3.05, 3.63) is 58.8 Å². The van der Waals surface area contributed by atoms with Crippen molar-refractivity contribution in [3.8, 4) is 0 Å². The lowest BCUT2D eigenvalue weighted by Crippen LogP contribution is -1.98. The van der Waals surface area contributed by atoms with Gasteiger partial charge in [-0.2, -0.15) is 0 Å². The van der Waals surface area contributed by atoms with Crippen LogP contribution in [-0.4, -0.2) is 9.97 Å². The fourth-order valence-electron chi connectivity index (χ4n) is 2.21. The van der Waals surface area contributed by atoms with E-state index in [9.17, 15) is 0 Å². The highest BCUT2D eigenvalue weighted by Crippen LogP contribution is 2.31. The number of benzene rings is 1. The van der Waals surface area contributed by atoms with Crippen LogP contribution in [0.4, 0.5) is 11.4 Å². The maximum absolute atomic E-state index is 6.24. The van der Waals surface area contributed by atoms with E-state index >= 15 is 0 Å². The van der Waals surface area contributed by atoms with Gasteiger partial charge in [0.1, 0.15) is 5.52 Å². The Morgan fingerprint density at radius 3 is 2.76 bits per heavy atom. The molecule has 0 aliphatic heterocycles. The quantitative estimate of drug-likeness (QED) is 0.631. The summed E-state index contributed by atoms with van der Waals surface area (Å²) in [5.74, 6) is 0. The summed E-state index contributed by atoms with van der Waals surface area (Å²) in [7, 11) is 0. The fraction of sp³-hybridized carbons (Fsp3) is 0.125. The van der Waals surface area contributed by atoms with E-state index in [1.807, 2.05) is 43.3 Å². The molecule has 3 nitrogen and oxygen atoms in total. The summed E-state index contributed by atoms with van der Waals surface area (Å²) < 4.78 is 0.912. The second-order valence-corrected chi connectivity index (χ2v) is 6.28. The van der Waals surface area contributed by atoms with Crippen LogP contribution in [0.3, 0.4) is 0 Å². The Balaban J connectivity index is 2.07. The SMILES string of the molecule is CC(Cl)c1ccccc1Nc1ccnc2cc(Br)cnc12. The molecule has 0 fully saturated rings. The largest absolute Gasteiger partial charge is 0.353 e. The molecule has 1 N–H and O–H groups in total. The number of nitrogens with one attached hydrogen (secondary N) is 1. The normalized spacial score (nSPS) is 12.3. The molecule has 0 aliphatic rings. The van der Waals surface area contributed by atoms with Gasteiger partial charge in [0.2, 0.25) is 0 Å². The van der Waals surface area contributed by atoms with Crippen LogP contribution in [-0.2, 0) is 0 Å². The number of aromatic nitrogens is 2. The summed E-state index contributed by atoms with van der Waals surface area (Å²) in [4.78, 5) is 8.79. The number of halogens is 2. The molecule has 0 spiro atoms. The number of anilines is 2. The maximum Gasteiger partial charge on any atom is 0.112 e. The fourth-order valence-corrected chi connectivity index (χ4v) is 2.72. The van der Waals surface area contributed by atoms with Crippen molar-refractivity contribution in [1.29, 1.82) is 0 Å². The van der Waals surface area contributed by atoms with Gasteiger partial charge in [-0.25, -0.2) is 0 Å². The number of hydrogen-bond acceptors (Lipinski definition) is 3. The third-order valence-corrected chi connectivity index (χ3v) is 3.87. The summed E-state index contributed by atoms with van der Waals surface area (Å²) in [6.07, 6.45) is 3.54. The standard InChI is InChI=1S/C16H13BrClN3/c1-10(18)12-4-2-3-5-13(12)21-14-6-7-19-15-8-11(17)9-20-16(14)15/h2-10H,1H3,(H,19,21). The molecule has 1 atom stereocenters. The second-order valence-electron chi connectivity index (χ2n) is 4.71. The Hall–Kier alpha value is -1.65. The molecule has 0 aliphatic carbocycles.